The molecular formula is C41H52N8O4. The van der Waals surface area contributed by atoms with Crippen molar-refractivity contribution in [2.24, 2.45) is 0 Å². The number of nitrogens with zero attached hydrogens (tertiary/aromatic N) is 7. The maximum atomic E-state index is 12.7. The number of anilines is 1. The summed E-state index contributed by atoms with van der Waals surface area (Å²) in [5, 5.41) is 13.9. The predicted molar refractivity (Wildman–Crippen MR) is 203 cm³/mol. The number of nitrogens with one attached hydrogen (secondary N) is 1. The number of aliphatic hydroxyl groups excluding tert-OH is 1. The number of piperazine rings is 1. The summed E-state index contributed by atoms with van der Waals surface area (Å²) in [6.07, 6.45) is 9.14. The van der Waals surface area contributed by atoms with Gasteiger partial charge in [0.05, 0.1) is 29.7 Å². The molecule has 2 N–H and O–H groups in total. The highest BCUT2D eigenvalue weighted by Gasteiger charge is 2.31. The number of rotatable bonds is 15. The number of benzene rings is 1. The summed E-state index contributed by atoms with van der Waals surface area (Å²) >= 11 is 0. The Hall–Kier alpha value is -4.65. The van der Waals surface area contributed by atoms with Gasteiger partial charge in [-0.3, -0.25) is 33.6 Å². The first-order valence-electron chi connectivity index (χ1n) is 19.3. The van der Waals surface area contributed by atoms with E-state index >= 15 is 0 Å². The Kier molecular flexibility index (Phi) is 11.8. The maximum absolute atomic E-state index is 12.7. The lowest BCUT2D eigenvalue weighted by Gasteiger charge is -2.35. The number of aliphatic hydroxyl groups is 1. The molecule has 12 nitrogen and oxygen atoms in total. The molecule has 280 valence electrons. The van der Waals surface area contributed by atoms with E-state index in [1.807, 2.05) is 30.5 Å². The molecule has 0 radical (unpaired) electrons. The van der Waals surface area contributed by atoms with Gasteiger partial charge in [0.15, 0.2) is 0 Å². The maximum Gasteiger partial charge on any atom is 0.260 e. The minimum Gasteiger partial charge on any atom is -0.390 e. The molecule has 3 amide bonds. The van der Waals surface area contributed by atoms with Crippen LogP contribution in [0.2, 0.25) is 0 Å². The molecule has 12 heteroatoms. The van der Waals surface area contributed by atoms with Crippen molar-refractivity contribution in [3.8, 4) is 0 Å². The van der Waals surface area contributed by atoms with Crippen LogP contribution in [-0.4, -0.2) is 105 Å². The lowest BCUT2D eigenvalue weighted by Crippen LogP contribution is -2.47. The number of aryl methyl sites for hydroxylation is 2. The van der Waals surface area contributed by atoms with Crippen molar-refractivity contribution in [3.63, 3.8) is 0 Å². The Labute approximate surface area is 311 Å². The molecule has 0 bridgehead atoms. The fourth-order valence-electron chi connectivity index (χ4n) is 7.94. The third-order valence-corrected chi connectivity index (χ3v) is 11.1. The molecule has 1 atom stereocenters. The highest BCUT2D eigenvalue weighted by molar-refractivity contribution is 6.07. The summed E-state index contributed by atoms with van der Waals surface area (Å²) < 4.78 is 2.15. The third-order valence-electron chi connectivity index (χ3n) is 11.1. The van der Waals surface area contributed by atoms with Crippen LogP contribution in [0.4, 0.5) is 5.82 Å². The molecule has 0 unspecified atom stereocenters. The van der Waals surface area contributed by atoms with Crippen molar-refractivity contribution < 1.29 is 19.5 Å². The van der Waals surface area contributed by atoms with Crippen molar-refractivity contribution in [1.29, 1.82) is 0 Å². The summed E-state index contributed by atoms with van der Waals surface area (Å²) in [6.45, 7) is 6.31. The van der Waals surface area contributed by atoms with Gasteiger partial charge in [-0.05, 0) is 100.0 Å². The Morgan fingerprint density at radius 1 is 0.962 bits per heavy atom. The number of hydrogen-bond donors (Lipinski definition) is 2. The monoisotopic (exact) mass is 720 g/mol. The van der Waals surface area contributed by atoms with E-state index in [-0.39, 0.29) is 30.4 Å². The first-order chi connectivity index (χ1) is 25.9. The van der Waals surface area contributed by atoms with Gasteiger partial charge >= 0.3 is 0 Å². The molecule has 2 aliphatic heterocycles. The van der Waals surface area contributed by atoms with E-state index in [4.69, 9.17) is 9.97 Å². The topological polar surface area (TPSA) is 127 Å². The molecular weight excluding hydrogens is 669 g/mol. The first-order valence-corrected chi connectivity index (χ1v) is 19.3. The van der Waals surface area contributed by atoms with Crippen LogP contribution < -0.4 is 10.2 Å². The highest BCUT2D eigenvalue weighted by Crippen LogP contribution is 2.35. The van der Waals surface area contributed by atoms with Gasteiger partial charge in [-0.25, -0.2) is 4.98 Å². The van der Waals surface area contributed by atoms with Crippen molar-refractivity contribution in [2.75, 3.05) is 57.8 Å². The SMILES string of the molecule is CN1CCN(c2cccc3nc(CN(CCCCNC(=O)CCCc4ccc(C(=O)N5CCC5=O)cc4)[C@H]4CCCc5cccnc54)c(CO)n23)CC1. The summed E-state index contributed by atoms with van der Waals surface area (Å²) in [5.41, 5.74) is 6.64. The molecule has 1 aliphatic carbocycles. The van der Waals surface area contributed by atoms with Gasteiger partial charge in [0.2, 0.25) is 11.8 Å². The fraction of sp³-hybridized carbons (Fsp3) is 0.488. The minimum atomic E-state index is -0.240. The summed E-state index contributed by atoms with van der Waals surface area (Å²) in [6, 6.07) is 18.0. The van der Waals surface area contributed by atoms with Crippen LogP contribution in [-0.2, 0) is 35.6 Å². The summed E-state index contributed by atoms with van der Waals surface area (Å²) in [5.74, 6) is 0.764. The van der Waals surface area contributed by atoms with Crippen LogP contribution in [0.1, 0.15) is 89.6 Å². The third kappa shape index (κ3) is 8.45. The van der Waals surface area contributed by atoms with Gasteiger partial charge in [0.25, 0.3) is 5.91 Å². The van der Waals surface area contributed by atoms with E-state index in [2.05, 4.69) is 49.7 Å². The number of imide groups is 1. The lowest BCUT2D eigenvalue weighted by molar-refractivity contribution is -0.136. The summed E-state index contributed by atoms with van der Waals surface area (Å²) in [7, 11) is 2.16. The number of likely N-dealkylation sites (tertiary alicyclic amines) is 1. The number of carbonyl (C=O) groups excluding carboxylic acids is 3. The molecule has 1 aromatic carbocycles. The predicted octanol–water partition coefficient (Wildman–Crippen LogP) is 4.14. The second kappa shape index (κ2) is 17.0. The van der Waals surface area contributed by atoms with E-state index < -0.39 is 0 Å². The zero-order valence-electron chi connectivity index (χ0n) is 30.9. The van der Waals surface area contributed by atoms with Crippen molar-refractivity contribution in [2.45, 2.75) is 77.0 Å². The second-order valence-corrected chi connectivity index (χ2v) is 14.7. The van der Waals surface area contributed by atoms with Crippen LogP contribution in [0.25, 0.3) is 5.65 Å². The van der Waals surface area contributed by atoms with Crippen molar-refractivity contribution in [3.05, 3.63) is 94.6 Å². The van der Waals surface area contributed by atoms with Crippen LogP contribution >= 0.6 is 0 Å². The summed E-state index contributed by atoms with van der Waals surface area (Å²) in [4.78, 5) is 55.2. The molecule has 3 aliphatic rings. The van der Waals surface area contributed by atoms with Gasteiger partial charge < -0.3 is 20.2 Å². The molecule has 7 rings (SSSR count). The molecule has 4 aromatic rings. The van der Waals surface area contributed by atoms with E-state index in [9.17, 15) is 19.5 Å². The quantitative estimate of drug-likeness (QED) is 0.106. The van der Waals surface area contributed by atoms with Crippen molar-refractivity contribution >= 4 is 29.2 Å². The number of fused-ring (bicyclic) bond motifs is 2. The van der Waals surface area contributed by atoms with Gasteiger partial charge in [0, 0.05) is 70.4 Å². The standard InChI is InChI=1S/C41H52N8O4/c1-45-24-26-46(27-25-45)38-14-6-12-36-44-33(35(29-50)49(36)38)28-47(34-11-5-9-31-10-7-21-43-40(31)34)22-3-2-20-42-37(51)13-4-8-30-15-17-32(18-16-30)41(53)48-23-19-39(48)52/h6-7,10,12,14-18,21,34,50H,2-5,8-9,11,13,19-20,22-29H2,1H3,(H,42,51)/t34-/m0/s1. The molecule has 0 saturated carbocycles. The number of unbranched alkanes of at least 4 members (excludes halogenated alkanes) is 1. The molecule has 0 spiro atoms. The number of likely N-dealkylation sites (N-methyl/N-ethyl adjacent to an activating group) is 1. The number of pyridine rings is 2. The number of amides is 3. The molecule has 2 saturated heterocycles. The molecule has 53 heavy (non-hydrogen) atoms. The number of aromatic nitrogens is 3. The van der Waals surface area contributed by atoms with Gasteiger partial charge in [0.1, 0.15) is 11.5 Å². The van der Waals surface area contributed by atoms with Gasteiger partial charge in [-0.1, -0.05) is 24.3 Å². The molecule has 2 fully saturated rings. The minimum absolute atomic E-state index is 0.0452. The number of imidazole rings is 1. The Morgan fingerprint density at radius 3 is 2.55 bits per heavy atom. The number of carbonyl (C=O) groups is 3. The molecule has 5 heterocycles. The van der Waals surface area contributed by atoms with Crippen LogP contribution in [0.5, 0.6) is 0 Å². The van der Waals surface area contributed by atoms with Crippen molar-refractivity contribution in [1.82, 2.24) is 34.4 Å². The average Bonchev–Trinajstić information content (AvgIpc) is 3.54. The smallest absolute Gasteiger partial charge is 0.260 e. The average molecular weight is 721 g/mol. The number of hydrogen-bond acceptors (Lipinski definition) is 9. The Bertz CT molecular complexity index is 1900. The zero-order chi connectivity index (χ0) is 36.7. The molecule has 3 aromatic heterocycles. The Balaban J connectivity index is 0.949. The van der Waals surface area contributed by atoms with Crippen LogP contribution in [0.15, 0.2) is 60.8 Å². The van der Waals surface area contributed by atoms with E-state index in [1.54, 1.807) is 12.1 Å². The second-order valence-electron chi connectivity index (χ2n) is 14.7. The highest BCUT2D eigenvalue weighted by atomic mass is 16.3. The lowest BCUT2D eigenvalue weighted by atomic mass is 9.90. The van der Waals surface area contributed by atoms with E-state index in [0.29, 0.717) is 44.5 Å². The largest absolute Gasteiger partial charge is 0.390 e. The van der Waals surface area contributed by atoms with Gasteiger partial charge in [-0.2, -0.15) is 0 Å². The first kappa shape index (κ1) is 36.7. The van der Waals surface area contributed by atoms with E-state index in [0.717, 1.165) is 105 Å². The normalized spacial score (nSPS) is 17.6. The Morgan fingerprint density at radius 2 is 1.79 bits per heavy atom. The van der Waals surface area contributed by atoms with E-state index in [1.165, 1.54) is 10.5 Å². The zero-order valence-corrected chi connectivity index (χ0v) is 30.9. The van der Waals surface area contributed by atoms with Crippen LogP contribution in [0, 0.1) is 0 Å². The number of β-lactam (4-membered cyclic amide) rings is 1. The van der Waals surface area contributed by atoms with Gasteiger partial charge in [-0.15, -0.1) is 0 Å². The van der Waals surface area contributed by atoms with Crippen LogP contribution in [0.3, 0.4) is 0 Å². The fourth-order valence-corrected chi connectivity index (χ4v) is 7.94.